The van der Waals surface area contributed by atoms with Gasteiger partial charge in [-0.3, -0.25) is 4.79 Å². The van der Waals surface area contributed by atoms with Crippen LogP contribution in [0.25, 0.3) is 0 Å². The summed E-state index contributed by atoms with van der Waals surface area (Å²) in [5.41, 5.74) is 0. The fourth-order valence-electron chi connectivity index (χ4n) is 1.32. The van der Waals surface area contributed by atoms with E-state index in [1.165, 1.54) is 12.8 Å². The second-order valence-electron chi connectivity index (χ2n) is 3.83. The summed E-state index contributed by atoms with van der Waals surface area (Å²) >= 11 is 4.01. The molecule has 0 aromatic heterocycles. The summed E-state index contributed by atoms with van der Waals surface area (Å²) in [6.45, 7) is 5.17. The van der Waals surface area contributed by atoms with E-state index in [0.717, 1.165) is 6.54 Å². The highest BCUT2D eigenvalue weighted by atomic mass is 32.1. The van der Waals surface area contributed by atoms with Gasteiger partial charge in [-0.2, -0.15) is 12.6 Å². The van der Waals surface area contributed by atoms with Crippen molar-refractivity contribution in [2.75, 3.05) is 12.3 Å². The van der Waals surface area contributed by atoms with Gasteiger partial charge in [0.15, 0.2) is 0 Å². The van der Waals surface area contributed by atoms with Gasteiger partial charge in [0.2, 0.25) is 5.91 Å². The summed E-state index contributed by atoms with van der Waals surface area (Å²) < 4.78 is 0. The van der Waals surface area contributed by atoms with E-state index in [-0.39, 0.29) is 5.91 Å². The highest BCUT2D eigenvalue weighted by Crippen LogP contribution is 2.27. The van der Waals surface area contributed by atoms with Gasteiger partial charge in [0.25, 0.3) is 0 Å². The maximum Gasteiger partial charge on any atom is 0.232 e. The predicted octanol–water partition coefficient (Wildman–Crippen LogP) is 1.56. The second kappa shape index (κ2) is 4.17. The van der Waals surface area contributed by atoms with Crippen LogP contribution >= 0.6 is 12.6 Å². The van der Waals surface area contributed by atoms with E-state index >= 15 is 0 Å². The molecule has 3 heteroatoms. The molecule has 0 aliphatic heterocycles. The van der Waals surface area contributed by atoms with E-state index in [1.807, 2.05) is 4.90 Å². The first-order valence-corrected chi connectivity index (χ1v) is 5.18. The van der Waals surface area contributed by atoms with Crippen molar-refractivity contribution >= 4 is 18.5 Å². The largest absolute Gasteiger partial charge is 0.339 e. The Balaban J connectivity index is 2.42. The van der Waals surface area contributed by atoms with Crippen LogP contribution in [0.15, 0.2) is 0 Å². The van der Waals surface area contributed by atoms with Gasteiger partial charge in [0.1, 0.15) is 0 Å². The molecular weight excluding hydrogens is 170 g/mol. The van der Waals surface area contributed by atoms with Crippen LogP contribution in [0.4, 0.5) is 0 Å². The molecule has 0 atom stereocenters. The van der Waals surface area contributed by atoms with Gasteiger partial charge in [-0.05, 0) is 18.8 Å². The number of rotatable bonds is 4. The minimum atomic E-state index is 0.189. The lowest BCUT2D eigenvalue weighted by Crippen LogP contribution is -2.36. The quantitative estimate of drug-likeness (QED) is 0.662. The summed E-state index contributed by atoms with van der Waals surface area (Å²) in [6, 6.07) is 0.534. The number of hydrogen-bond acceptors (Lipinski definition) is 2. The molecule has 1 aliphatic rings. The van der Waals surface area contributed by atoms with Gasteiger partial charge in [0.05, 0.1) is 5.75 Å². The number of amides is 1. The van der Waals surface area contributed by atoms with Crippen LogP contribution in [0.2, 0.25) is 0 Å². The molecule has 1 fully saturated rings. The monoisotopic (exact) mass is 187 g/mol. The molecule has 0 radical (unpaired) electrons. The van der Waals surface area contributed by atoms with Gasteiger partial charge in [-0.25, -0.2) is 0 Å². The SMILES string of the molecule is CC(C)CN(C(=O)CS)C1CC1. The van der Waals surface area contributed by atoms with Crippen LogP contribution in [-0.2, 0) is 4.79 Å². The number of carbonyl (C=O) groups excluding carboxylic acids is 1. The zero-order valence-electron chi connectivity index (χ0n) is 7.79. The van der Waals surface area contributed by atoms with Crippen LogP contribution < -0.4 is 0 Å². The fraction of sp³-hybridized carbons (Fsp3) is 0.889. The number of hydrogen-bond donors (Lipinski definition) is 1. The average molecular weight is 187 g/mol. The Morgan fingerprint density at radius 2 is 2.17 bits per heavy atom. The first-order chi connectivity index (χ1) is 5.65. The molecule has 2 nitrogen and oxygen atoms in total. The van der Waals surface area contributed by atoms with Crippen molar-refractivity contribution in [2.45, 2.75) is 32.7 Å². The fourth-order valence-corrected chi connectivity index (χ4v) is 1.51. The van der Waals surface area contributed by atoms with Crippen LogP contribution in [0.5, 0.6) is 0 Å². The third kappa shape index (κ3) is 2.70. The smallest absolute Gasteiger partial charge is 0.232 e. The van der Waals surface area contributed by atoms with Crippen LogP contribution in [0, 0.1) is 5.92 Å². The third-order valence-electron chi connectivity index (χ3n) is 2.01. The lowest BCUT2D eigenvalue weighted by molar-refractivity contribution is -0.129. The molecule has 1 amide bonds. The average Bonchev–Trinajstić information content (AvgIpc) is 2.81. The molecule has 0 unspecified atom stereocenters. The van der Waals surface area contributed by atoms with Crippen molar-refractivity contribution < 1.29 is 4.79 Å². The molecule has 0 saturated heterocycles. The molecule has 1 rings (SSSR count). The topological polar surface area (TPSA) is 20.3 Å². The molecular formula is C9H17NOS. The Kier molecular flexibility index (Phi) is 3.44. The molecule has 12 heavy (non-hydrogen) atoms. The van der Waals surface area contributed by atoms with E-state index in [4.69, 9.17) is 0 Å². The number of nitrogens with zero attached hydrogens (tertiary/aromatic N) is 1. The Labute approximate surface area is 79.7 Å². The van der Waals surface area contributed by atoms with E-state index < -0.39 is 0 Å². The normalized spacial score (nSPS) is 16.7. The van der Waals surface area contributed by atoms with Crippen molar-refractivity contribution in [3.63, 3.8) is 0 Å². The van der Waals surface area contributed by atoms with Crippen molar-refractivity contribution in [1.82, 2.24) is 4.90 Å². The first-order valence-electron chi connectivity index (χ1n) is 4.55. The Bertz CT molecular complexity index is 166. The van der Waals surface area contributed by atoms with Gasteiger partial charge < -0.3 is 4.90 Å². The summed E-state index contributed by atoms with van der Waals surface area (Å²) in [7, 11) is 0. The summed E-state index contributed by atoms with van der Waals surface area (Å²) in [6.07, 6.45) is 2.37. The summed E-state index contributed by atoms with van der Waals surface area (Å²) in [5, 5.41) is 0. The molecule has 1 aliphatic carbocycles. The maximum absolute atomic E-state index is 11.4. The van der Waals surface area contributed by atoms with Gasteiger partial charge in [0, 0.05) is 12.6 Å². The minimum absolute atomic E-state index is 0.189. The Morgan fingerprint density at radius 1 is 1.58 bits per heavy atom. The number of thiol groups is 1. The zero-order chi connectivity index (χ0) is 9.14. The molecule has 0 heterocycles. The number of carbonyl (C=O) groups is 1. The van der Waals surface area contributed by atoms with Crippen LogP contribution in [-0.4, -0.2) is 29.1 Å². The molecule has 0 N–H and O–H groups in total. The van der Waals surface area contributed by atoms with Crippen molar-refractivity contribution in [1.29, 1.82) is 0 Å². The lowest BCUT2D eigenvalue weighted by atomic mass is 10.2. The van der Waals surface area contributed by atoms with Crippen molar-refractivity contribution in [3.05, 3.63) is 0 Å². The molecule has 0 aromatic carbocycles. The first kappa shape index (κ1) is 9.90. The lowest BCUT2D eigenvalue weighted by Gasteiger charge is -2.23. The predicted molar refractivity (Wildman–Crippen MR) is 53.4 cm³/mol. The van der Waals surface area contributed by atoms with Crippen molar-refractivity contribution in [2.24, 2.45) is 5.92 Å². The Hall–Kier alpha value is -0.180. The maximum atomic E-state index is 11.4. The highest BCUT2D eigenvalue weighted by Gasteiger charge is 2.31. The summed E-state index contributed by atoms with van der Waals surface area (Å²) in [5.74, 6) is 1.10. The Morgan fingerprint density at radius 3 is 2.50 bits per heavy atom. The highest BCUT2D eigenvalue weighted by molar-refractivity contribution is 7.81. The standard InChI is InChI=1S/C9H17NOS/c1-7(2)5-10(8-3-4-8)9(11)6-12/h7-8,12H,3-6H2,1-2H3. The third-order valence-corrected chi connectivity index (χ3v) is 2.28. The molecule has 0 aromatic rings. The van der Waals surface area contributed by atoms with Gasteiger partial charge in [-0.1, -0.05) is 13.8 Å². The zero-order valence-corrected chi connectivity index (χ0v) is 8.68. The van der Waals surface area contributed by atoms with E-state index in [1.54, 1.807) is 0 Å². The summed E-state index contributed by atoms with van der Waals surface area (Å²) in [4.78, 5) is 13.4. The van der Waals surface area contributed by atoms with E-state index in [0.29, 0.717) is 17.7 Å². The molecule has 1 saturated carbocycles. The van der Waals surface area contributed by atoms with E-state index in [9.17, 15) is 4.79 Å². The second-order valence-corrected chi connectivity index (χ2v) is 4.15. The van der Waals surface area contributed by atoms with Crippen LogP contribution in [0.1, 0.15) is 26.7 Å². The molecule has 0 bridgehead atoms. The molecule has 70 valence electrons. The van der Waals surface area contributed by atoms with E-state index in [2.05, 4.69) is 26.5 Å². The van der Waals surface area contributed by atoms with Gasteiger partial charge in [-0.15, -0.1) is 0 Å². The minimum Gasteiger partial charge on any atom is -0.339 e. The van der Waals surface area contributed by atoms with Gasteiger partial charge >= 0.3 is 0 Å². The van der Waals surface area contributed by atoms with Crippen molar-refractivity contribution in [3.8, 4) is 0 Å². The molecule has 0 spiro atoms. The van der Waals surface area contributed by atoms with Crippen LogP contribution in [0.3, 0.4) is 0 Å².